The Bertz CT molecular complexity index is 1420. The van der Waals surface area contributed by atoms with Gasteiger partial charge in [0.25, 0.3) is 5.89 Å². The molecular formula is C33H42N6O3. The van der Waals surface area contributed by atoms with Crippen LogP contribution in [0.25, 0.3) is 11.5 Å². The number of carbonyl (C=O) groups excluding carboxylic acids is 1. The SMILES string of the molecule is CN1CCC(CC(=O)N(CC23CCC(c4nc(C5CC5)no4)(CC2)CC3)c2cccc(-c3nc(C4CC4)no3)c2)CC1. The first-order valence-corrected chi connectivity index (χ1v) is 16.2. The quantitative estimate of drug-likeness (QED) is 0.298. The van der Waals surface area contributed by atoms with Gasteiger partial charge in [0, 0.05) is 41.5 Å². The van der Waals surface area contributed by atoms with E-state index in [4.69, 9.17) is 14.0 Å². The van der Waals surface area contributed by atoms with Crippen molar-refractivity contribution in [2.24, 2.45) is 11.3 Å². The zero-order valence-electron chi connectivity index (χ0n) is 24.8. The number of anilines is 1. The molecule has 42 heavy (non-hydrogen) atoms. The standard InChI is InChI=1S/C33H42N6O3/c1-38-17-9-22(10-18-38)19-27(40)39(26-4-2-3-25(20-26)30-34-28(36-41-30)23-5-6-23)21-32-11-14-33(15-12-32,16-13-32)31-35-29(37-42-31)24-7-8-24/h2-4,20,22-24H,5-19,21H2,1H3. The minimum absolute atomic E-state index is 0.0159. The maximum absolute atomic E-state index is 14.2. The third-order valence-electron chi connectivity index (χ3n) is 11.1. The van der Waals surface area contributed by atoms with Gasteiger partial charge in [-0.2, -0.15) is 9.97 Å². The average molecular weight is 571 g/mol. The molecule has 5 saturated carbocycles. The zero-order chi connectivity index (χ0) is 28.3. The average Bonchev–Trinajstić information content (AvgIpc) is 3.96. The number of carbonyl (C=O) groups is 1. The van der Waals surface area contributed by atoms with Crippen LogP contribution in [0.1, 0.15) is 113 Å². The van der Waals surface area contributed by atoms with E-state index in [0.29, 0.717) is 30.1 Å². The van der Waals surface area contributed by atoms with Crippen LogP contribution in [0.2, 0.25) is 0 Å². The van der Waals surface area contributed by atoms with Crippen molar-refractivity contribution in [2.75, 3.05) is 31.6 Å². The lowest BCUT2D eigenvalue weighted by Gasteiger charge is -2.53. The van der Waals surface area contributed by atoms with Crippen LogP contribution < -0.4 is 4.90 Å². The van der Waals surface area contributed by atoms with Gasteiger partial charge in [-0.25, -0.2) is 0 Å². The lowest BCUT2D eigenvalue weighted by atomic mass is 9.53. The van der Waals surface area contributed by atoms with E-state index in [1.165, 1.54) is 12.8 Å². The molecule has 0 N–H and O–H groups in total. The van der Waals surface area contributed by atoms with Gasteiger partial charge in [0.05, 0.1) is 0 Å². The van der Waals surface area contributed by atoms with Crippen molar-refractivity contribution in [1.29, 1.82) is 0 Å². The largest absolute Gasteiger partial charge is 0.339 e. The Morgan fingerprint density at radius 1 is 0.905 bits per heavy atom. The topological polar surface area (TPSA) is 101 Å². The van der Waals surface area contributed by atoms with Gasteiger partial charge in [0.2, 0.25) is 11.8 Å². The van der Waals surface area contributed by atoms with E-state index in [1.54, 1.807) is 0 Å². The van der Waals surface area contributed by atoms with Crippen LogP contribution in [0.4, 0.5) is 5.69 Å². The van der Waals surface area contributed by atoms with Crippen LogP contribution in [-0.4, -0.2) is 57.8 Å². The Morgan fingerprint density at radius 2 is 1.57 bits per heavy atom. The molecule has 9 rings (SSSR count). The van der Waals surface area contributed by atoms with Crippen molar-refractivity contribution in [3.8, 4) is 11.5 Å². The van der Waals surface area contributed by atoms with Crippen molar-refractivity contribution >= 4 is 11.6 Å². The molecule has 0 radical (unpaired) electrons. The number of fused-ring (bicyclic) bond motifs is 3. The first-order valence-electron chi connectivity index (χ1n) is 16.2. The molecule has 9 nitrogen and oxygen atoms in total. The second kappa shape index (κ2) is 10.3. The Kier molecular flexibility index (Phi) is 6.50. The molecule has 1 aliphatic heterocycles. The van der Waals surface area contributed by atoms with Crippen LogP contribution in [0.15, 0.2) is 33.3 Å². The van der Waals surface area contributed by atoms with Gasteiger partial charge in [-0.05, 0) is 127 Å². The van der Waals surface area contributed by atoms with E-state index in [-0.39, 0.29) is 16.7 Å². The summed E-state index contributed by atoms with van der Waals surface area (Å²) in [6, 6.07) is 8.21. The van der Waals surface area contributed by atoms with Gasteiger partial charge >= 0.3 is 0 Å². The van der Waals surface area contributed by atoms with Crippen LogP contribution in [-0.2, 0) is 10.2 Å². The maximum Gasteiger partial charge on any atom is 0.258 e. The predicted octanol–water partition coefficient (Wildman–Crippen LogP) is 6.23. The molecule has 0 atom stereocenters. The summed E-state index contributed by atoms with van der Waals surface area (Å²) in [5, 5.41) is 8.57. The number of nitrogens with zero attached hydrogens (tertiary/aromatic N) is 6. The molecule has 1 amide bonds. The number of aromatic nitrogens is 4. The first-order chi connectivity index (χ1) is 20.5. The smallest absolute Gasteiger partial charge is 0.258 e. The molecule has 222 valence electrons. The number of rotatable bonds is 9. The van der Waals surface area contributed by atoms with E-state index in [1.807, 2.05) is 12.1 Å². The number of hydrogen-bond acceptors (Lipinski definition) is 8. The molecule has 2 bridgehead atoms. The summed E-state index contributed by atoms with van der Waals surface area (Å²) in [7, 11) is 2.18. The van der Waals surface area contributed by atoms with E-state index in [0.717, 1.165) is 113 Å². The molecule has 5 aliphatic carbocycles. The van der Waals surface area contributed by atoms with Crippen molar-refractivity contribution in [3.05, 3.63) is 41.8 Å². The molecule has 0 unspecified atom stereocenters. The third kappa shape index (κ3) is 5.07. The number of benzene rings is 1. The Morgan fingerprint density at radius 3 is 2.26 bits per heavy atom. The second-order valence-corrected chi connectivity index (χ2v) is 14.2. The van der Waals surface area contributed by atoms with Gasteiger partial charge in [-0.3, -0.25) is 4.79 Å². The molecule has 1 aromatic carbocycles. The van der Waals surface area contributed by atoms with Gasteiger partial charge in [-0.15, -0.1) is 0 Å². The van der Waals surface area contributed by atoms with Crippen molar-refractivity contribution < 1.29 is 13.8 Å². The van der Waals surface area contributed by atoms with Crippen molar-refractivity contribution in [1.82, 2.24) is 25.2 Å². The summed E-state index contributed by atoms with van der Waals surface area (Å²) in [5.41, 5.74) is 1.96. The van der Waals surface area contributed by atoms with Crippen LogP contribution in [0.3, 0.4) is 0 Å². The zero-order valence-corrected chi connectivity index (χ0v) is 24.8. The third-order valence-corrected chi connectivity index (χ3v) is 11.1. The number of piperidine rings is 1. The van der Waals surface area contributed by atoms with E-state index < -0.39 is 0 Å². The fourth-order valence-electron chi connectivity index (χ4n) is 7.73. The minimum Gasteiger partial charge on any atom is -0.339 e. The number of hydrogen-bond donors (Lipinski definition) is 0. The van der Waals surface area contributed by atoms with Crippen LogP contribution >= 0.6 is 0 Å². The summed E-state index contributed by atoms with van der Waals surface area (Å²) in [5.74, 6) is 4.77. The lowest BCUT2D eigenvalue weighted by Crippen LogP contribution is -2.51. The Hall–Kier alpha value is -3.07. The highest BCUT2D eigenvalue weighted by atomic mass is 16.5. The van der Waals surface area contributed by atoms with Gasteiger partial charge < -0.3 is 18.8 Å². The Labute approximate surface area is 247 Å². The first kappa shape index (κ1) is 26.5. The lowest BCUT2D eigenvalue weighted by molar-refractivity contribution is -0.120. The molecule has 2 aromatic heterocycles. The summed E-state index contributed by atoms with van der Waals surface area (Å²) < 4.78 is 11.5. The normalized spacial score (nSPS) is 28.3. The van der Waals surface area contributed by atoms with E-state index in [9.17, 15) is 4.79 Å². The molecule has 6 aliphatic rings. The van der Waals surface area contributed by atoms with Gasteiger partial charge in [0.15, 0.2) is 11.6 Å². The molecule has 3 aromatic rings. The number of amides is 1. The monoisotopic (exact) mass is 570 g/mol. The fourth-order valence-corrected chi connectivity index (χ4v) is 7.73. The molecular weight excluding hydrogens is 528 g/mol. The van der Waals surface area contributed by atoms with Crippen LogP contribution in [0.5, 0.6) is 0 Å². The maximum atomic E-state index is 14.2. The molecule has 9 heteroatoms. The summed E-state index contributed by atoms with van der Waals surface area (Å²) in [4.78, 5) is 28.2. The summed E-state index contributed by atoms with van der Waals surface area (Å²) in [6.45, 7) is 2.89. The summed E-state index contributed by atoms with van der Waals surface area (Å²) in [6.07, 6.45) is 13.8. The summed E-state index contributed by atoms with van der Waals surface area (Å²) >= 11 is 0. The van der Waals surface area contributed by atoms with Crippen molar-refractivity contribution in [3.63, 3.8) is 0 Å². The predicted molar refractivity (Wildman–Crippen MR) is 157 cm³/mol. The number of likely N-dealkylation sites (tertiary alicyclic amines) is 1. The van der Waals surface area contributed by atoms with Gasteiger partial charge in [-0.1, -0.05) is 16.4 Å². The molecule has 1 saturated heterocycles. The molecule has 3 heterocycles. The minimum atomic E-state index is 0.0159. The van der Waals surface area contributed by atoms with Gasteiger partial charge in [0.1, 0.15) is 0 Å². The molecule has 0 spiro atoms. The van der Waals surface area contributed by atoms with Crippen LogP contribution in [0, 0.1) is 11.3 Å². The highest BCUT2D eigenvalue weighted by Gasteiger charge is 2.53. The fraction of sp³-hybridized carbons (Fsp3) is 0.667. The Balaban J connectivity index is 1.04. The van der Waals surface area contributed by atoms with E-state index >= 15 is 0 Å². The highest BCUT2D eigenvalue weighted by molar-refractivity contribution is 5.94. The highest BCUT2D eigenvalue weighted by Crippen LogP contribution is 2.58. The molecule has 6 fully saturated rings. The van der Waals surface area contributed by atoms with E-state index in [2.05, 4.69) is 44.3 Å². The second-order valence-electron chi connectivity index (χ2n) is 14.2. The van der Waals surface area contributed by atoms with Crippen molar-refractivity contribution in [2.45, 2.75) is 101 Å².